The molecule has 0 spiro atoms. The van der Waals surface area contributed by atoms with E-state index in [4.69, 9.17) is 4.74 Å². The van der Waals surface area contributed by atoms with Crippen LogP contribution in [0, 0.1) is 0 Å². The molecule has 23 heavy (non-hydrogen) atoms. The van der Waals surface area contributed by atoms with Crippen molar-refractivity contribution in [3.8, 4) is 0 Å². The van der Waals surface area contributed by atoms with Crippen molar-refractivity contribution in [2.24, 2.45) is 0 Å². The number of carbonyl (C=O) groups excluding carboxylic acids is 1. The Morgan fingerprint density at radius 1 is 1.35 bits per heavy atom. The van der Waals surface area contributed by atoms with Crippen molar-refractivity contribution >= 4 is 33.1 Å². The highest BCUT2D eigenvalue weighted by Gasteiger charge is 2.37. The average molecular weight is 380 g/mol. The van der Waals surface area contributed by atoms with Crippen molar-refractivity contribution in [3.05, 3.63) is 29.0 Å². The minimum absolute atomic E-state index is 0.222. The first kappa shape index (κ1) is 16.3. The van der Waals surface area contributed by atoms with E-state index in [1.165, 1.54) is 0 Å². The van der Waals surface area contributed by atoms with Gasteiger partial charge in [-0.1, -0.05) is 0 Å². The highest BCUT2D eigenvalue weighted by Crippen LogP contribution is 2.38. The molecule has 2 aromatic rings. The molecule has 0 aromatic carbocycles. The zero-order chi connectivity index (χ0) is 16.8. The number of rotatable bonds is 2. The first-order chi connectivity index (χ1) is 10.7. The number of fused-ring (bicyclic) bond motifs is 1. The lowest BCUT2D eigenvalue weighted by Gasteiger charge is -2.42. The minimum atomic E-state index is -0.457. The van der Waals surface area contributed by atoms with E-state index in [0.29, 0.717) is 6.04 Å². The van der Waals surface area contributed by atoms with Crippen LogP contribution in [0.4, 0.5) is 4.79 Å². The number of aromatic nitrogens is 2. The monoisotopic (exact) mass is 379 g/mol. The van der Waals surface area contributed by atoms with Gasteiger partial charge in [0.05, 0.1) is 0 Å². The normalized spacial score (nSPS) is 21.1. The number of hydrogen-bond acceptors (Lipinski definition) is 3. The molecule has 5 nitrogen and oxygen atoms in total. The van der Waals surface area contributed by atoms with E-state index in [-0.39, 0.29) is 12.1 Å². The van der Waals surface area contributed by atoms with Gasteiger partial charge >= 0.3 is 6.09 Å². The number of pyridine rings is 1. The van der Waals surface area contributed by atoms with Crippen molar-refractivity contribution in [3.63, 3.8) is 0 Å². The number of hydrogen-bond donors (Lipinski definition) is 0. The Kier molecular flexibility index (Phi) is 4.12. The maximum atomic E-state index is 12.1. The van der Waals surface area contributed by atoms with Crippen LogP contribution in [0.5, 0.6) is 0 Å². The predicted molar refractivity (Wildman–Crippen MR) is 93.5 cm³/mol. The first-order valence-electron chi connectivity index (χ1n) is 7.83. The summed E-state index contributed by atoms with van der Waals surface area (Å²) in [6, 6.07) is 6.70. The molecule has 0 atom stereocenters. The molecule has 0 bridgehead atoms. The standard InChI is InChI=1S/C17H22BrN3O2/c1-17(2,3)23-16(22)20(4)12-9-13(10-12)21-8-7-11-5-6-14(18)19-15(11)21/h5-8,12-13H,9-10H2,1-4H3. The molecule has 1 saturated carbocycles. The first-order valence-corrected chi connectivity index (χ1v) is 8.63. The number of amides is 1. The van der Waals surface area contributed by atoms with Crippen LogP contribution in [0.3, 0.4) is 0 Å². The molecule has 1 amide bonds. The van der Waals surface area contributed by atoms with E-state index in [1.54, 1.807) is 4.90 Å². The molecule has 1 fully saturated rings. The van der Waals surface area contributed by atoms with Gasteiger partial charge in [-0.15, -0.1) is 0 Å². The summed E-state index contributed by atoms with van der Waals surface area (Å²) in [5, 5.41) is 1.14. The number of halogens is 1. The van der Waals surface area contributed by atoms with Gasteiger partial charge in [0.2, 0.25) is 0 Å². The molecule has 2 heterocycles. The Bertz CT molecular complexity index is 729. The van der Waals surface area contributed by atoms with Gasteiger partial charge in [-0.3, -0.25) is 0 Å². The van der Waals surface area contributed by atoms with E-state index >= 15 is 0 Å². The van der Waals surface area contributed by atoms with Crippen LogP contribution < -0.4 is 0 Å². The van der Waals surface area contributed by atoms with E-state index in [2.05, 4.69) is 43.8 Å². The zero-order valence-corrected chi connectivity index (χ0v) is 15.5. The molecular weight excluding hydrogens is 358 g/mol. The fourth-order valence-corrected chi connectivity index (χ4v) is 3.18. The lowest BCUT2D eigenvalue weighted by Crippen LogP contribution is -2.47. The molecule has 0 N–H and O–H groups in total. The van der Waals surface area contributed by atoms with Gasteiger partial charge in [-0.25, -0.2) is 9.78 Å². The van der Waals surface area contributed by atoms with Crippen LogP contribution in [0.2, 0.25) is 0 Å². The molecular formula is C17H22BrN3O2. The van der Waals surface area contributed by atoms with E-state index in [9.17, 15) is 4.79 Å². The van der Waals surface area contributed by atoms with Crippen molar-refractivity contribution in [2.75, 3.05) is 7.05 Å². The second-order valence-corrected chi connectivity index (χ2v) is 7.95. The van der Waals surface area contributed by atoms with Gasteiger partial charge in [0.15, 0.2) is 0 Å². The van der Waals surface area contributed by atoms with Gasteiger partial charge in [0.1, 0.15) is 15.9 Å². The maximum Gasteiger partial charge on any atom is 0.410 e. The van der Waals surface area contributed by atoms with Gasteiger partial charge in [0, 0.05) is 30.7 Å². The summed E-state index contributed by atoms with van der Waals surface area (Å²) in [5.41, 5.74) is 0.532. The van der Waals surface area contributed by atoms with Crippen molar-refractivity contribution < 1.29 is 9.53 Å². The molecule has 0 aliphatic heterocycles. The molecule has 3 rings (SSSR count). The zero-order valence-electron chi connectivity index (χ0n) is 13.9. The third-order valence-electron chi connectivity index (χ3n) is 4.24. The van der Waals surface area contributed by atoms with Crippen molar-refractivity contribution in [2.45, 2.75) is 51.3 Å². The summed E-state index contributed by atoms with van der Waals surface area (Å²) in [6.07, 6.45) is 3.68. The Balaban J connectivity index is 1.66. The van der Waals surface area contributed by atoms with E-state index in [0.717, 1.165) is 28.5 Å². The predicted octanol–water partition coefficient (Wildman–Crippen LogP) is 4.37. The van der Waals surface area contributed by atoms with Crippen LogP contribution >= 0.6 is 15.9 Å². The second-order valence-electron chi connectivity index (χ2n) is 7.14. The van der Waals surface area contributed by atoms with Crippen LogP contribution in [0.15, 0.2) is 29.0 Å². The SMILES string of the molecule is CN(C(=O)OC(C)(C)C)C1CC(n2ccc3ccc(Br)nc32)C1. The van der Waals surface area contributed by atoms with Crippen LogP contribution in [0.25, 0.3) is 11.0 Å². The third kappa shape index (κ3) is 3.37. The maximum absolute atomic E-state index is 12.1. The lowest BCUT2D eigenvalue weighted by atomic mass is 9.85. The smallest absolute Gasteiger partial charge is 0.410 e. The minimum Gasteiger partial charge on any atom is -0.444 e. The largest absolute Gasteiger partial charge is 0.444 e. The van der Waals surface area contributed by atoms with Gasteiger partial charge in [0.25, 0.3) is 0 Å². The van der Waals surface area contributed by atoms with E-state index < -0.39 is 5.60 Å². The summed E-state index contributed by atoms with van der Waals surface area (Å²) in [7, 11) is 1.82. The Morgan fingerprint density at radius 3 is 2.70 bits per heavy atom. The van der Waals surface area contributed by atoms with E-state index in [1.807, 2.05) is 33.9 Å². The summed E-state index contributed by atoms with van der Waals surface area (Å²) in [6.45, 7) is 5.66. The number of carbonyl (C=O) groups is 1. The Labute approximate surface area is 144 Å². The van der Waals surface area contributed by atoms with Crippen LogP contribution in [-0.2, 0) is 4.74 Å². The summed E-state index contributed by atoms with van der Waals surface area (Å²) < 4.78 is 8.48. The quantitative estimate of drug-likeness (QED) is 0.727. The van der Waals surface area contributed by atoms with Crippen LogP contribution in [-0.4, -0.2) is 39.2 Å². The fraction of sp³-hybridized carbons (Fsp3) is 0.529. The fourth-order valence-electron chi connectivity index (χ4n) is 2.88. The molecule has 1 aliphatic carbocycles. The number of ether oxygens (including phenoxy) is 1. The van der Waals surface area contributed by atoms with Gasteiger partial charge in [-0.05, 0) is 67.7 Å². The molecule has 0 saturated heterocycles. The molecule has 6 heteroatoms. The highest BCUT2D eigenvalue weighted by molar-refractivity contribution is 9.10. The number of nitrogens with zero attached hydrogens (tertiary/aromatic N) is 3. The molecule has 1 aliphatic rings. The summed E-state index contributed by atoms with van der Waals surface area (Å²) >= 11 is 3.43. The van der Waals surface area contributed by atoms with Crippen molar-refractivity contribution in [1.29, 1.82) is 0 Å². The molecule has 0 radical (unpaired) electrons. The van der Waals surface area contributed by atoms with Gasteiger partial charge < -0.3 is 14.2 Å². The highest BCUT2D eigenvalue weighted by atomic mass is 79.9. The topological polar surface area (TPSA) is 47.4 Å². The van der Waals surface area contributed by atoms with Gasteiger partial charge in [-0.2, -0.15) is 0 Å². The molecule has 124 valence electrons. The third-order valence-corrected chi connectivity index (χ3v) is 4.68. The van der Waals surface area contributed by atoms with Crippen molar-refractivity contribution in [1.82, 2.24) is 14.5 Å². The summed E-state index contributed by atoms with van der Waals surface area (Å²) in [5.74, 6) is 0. The Morgan fingerprint density at radius 2 is 2.04 bits per heavy atom. The van der Waals surface area contributed by atoms with Crippen LogP contribution in [0.1, 0.15) is 39.7 Å². The molecule has 0 unspecified atom stereocenters. The lowest BCUT2D eigenvalue weighted by molar-refractivity contribution is 0.00809. The average Bonchev–Trinajstić information content (AvgIpc) is 2.78. The Hall–Kier alpha value is -1.56. The summed E-state index contributed by atoms with van der Waals surface area (Å²) in [4.78, 5) is 18.4. The molecule has 2 aromatic heterocycles. The second kappa shape index (κ2) is 5.82.